The highest BCUT2D eigenvalue weighted by Crippen LogP contribution is 2.31. The fourth-order valence-electron chi connectivity index (χ4n) is 4.54. The molecule has 0 aliphatic carbocycles. The van der Waals surface area contributed by atoms with Gasteiger partial charge in [-0.3, -0.25) is 4.79 Å². The molecule has 4 nitrogen and oxygen atoms in total. The van der Waals surface area contributed by atoms with Crippen LogP contribution in [0, 0.1) is 6.92 Å². The monoisotopic (exact) mass is 453 g/mol. The second-order valence-electron chi connectivity index (χ2n) is 9.47. The summed E-state index contributed by atoms with van der Waals surface area (Å²) in [5, 5.41) is 0. The highest BCUT2D eigenvalue weighted by molar-refractivity contribution is 6.11. The Bertz CT molecular complexity index is 1170. The van der Waals surface area contributed by atoms with Gasteiger partial charge in [0.1, 0.15) is 0 Å². The van der Waals surface area contributed by atoms with Gasteiger partial charge in [-0.25, -0.2) is 0 Å². The van der Waals surface area contributed by atoms with Crippen LogP contribution in [0.3, 0.4) is 0 Å². The van der Waals surface area contributed by atoms with E-state index in [0.29, 0.717) is 0 Å². The maximum absolute atomic E-state index is 13.6. The van der Waals surface area contributed by atoms with Gasteiger partial charge in [0, 0.05) is 44.0 Å². The molecule has 1 fully saturated rings. The number of aryl methyl sites for hydroxylation is 1. The van der Waals surface area contributed by atoms with Crippen molar-refractivity contribution in [2.75, 3.05) is 52.2 Å². The lowest BCUT2D eigenvalue weighted by Crippen LogP contribution is -2.44. The Hall–Kier alpha value is -3.21. The third-order valence-electron chi connectivity index (χ3n) is 6.53. The lowest BCUT2D eigenvalue weighted by Gasteiger charge is -2.34. The summed E-state index contributed by atoms with van der Waals surface area (Å²) in [4.78, 5) is 20.5. The fourth-order valence-corrected chi connectivity index (χ4v) is 4.54. The number of hydrogen-bond acceptors (Lipinski definition) is 4. The summed E-state index contributed by atoms with van der Waals surface area (Å²) < 4.78 is 0. The standard InChI is InChI=1S/C30H35N3O/c1-23-9-5-8-12-27(23)28-15-14-26(33-19-17-32(4)18-20-33)21-29(28)30(34)16-13-24-10-6-7-11-25(24)22-31(2)3/h5-16,21H,17-20,22H2,1-4H3. The van der Waals surface area contributed by atoms with Crippen molar-refractivity contribution in [3.8, 4) is 11.1 Å². The van der Waals surface area contributed by atoms with Crippen molar-refractivity contribution < 1.29 is 4.79 Å². The number of piperazine rings is 1. The third kappa shape index (κ3) is 5.64. The van der Waals surface area contributed by atoms with Crippen LogP contribution in [0.15, 0.2) is 72.8 Å². The van der Waals surface area contributed by atoms with Crippen molar-refractivity contribution in [1.29, 1.82) is 0 Å². The Balaban J connectivity index is 1.71. The van der Waals surface area contributed by atoms with Crippen molar-refractivity contribution in [2.45, 2.75) is 13.5 Å². The second-order valence-corrected chi connectivity index (χ2v) is 9.47. The molecule has 176 valence electrons. The van der Waals surface area contributed by atoms with Gasteiger partial charge in [0.2, 0.25) is 0 Å². The molecule has 0 N–H and O–H groups in total. The van der Waals surface area contributed by atoms with E-state index in [1.165, 1.54) is 11.1 Å². The zero-order chi connectivity index (χ0) is 24.1. The molecule has 0 bridgehead atoms. The molecule has 0 aromatic heterocycles. The molecule has 0 unspecified atom stereocenters. The number of ketones is 1. The number of rotatable bonds is 7. The summed E-state index contributed by atoms with van der Waals surface area (Å²) in [5.74, 6) is 0.0360. The molecule has 0 radical (unpaired) electrons. The first-order valence-corrected chi connectivity index (χ1v) is 12.0. The number of nitrogens with zero attached hydrogens (tertiary/aromatic N) is 3. The summed E-state index contributed by atoms with van der Waals surface area (Å²) in [5.41, 5.74) is 7.44. The maximum atomic E-state index is 13.6. The minimum atomic E-state index is 0.0360. The number of likely N-dealkylation sites (N-methyl/N-ethyl adjacent to an activating group) is 1. The van der Waals surface area contributed by atoms with Crippen LogP contribution in [0.25, 0.3) is 17.2 Å². The second kappa shape index (κ2) is 10.8. The number of carbonyl (C=O) groups is 1. The first kappa shape index (κ1) is 23.9. The van der Waals surface area contributed by atoms with Crippen molar-refractivity contribution in [2.24, 2.45) is 0 Å². The van der Waals surface area contributed by atoms with Gasteiger partial charge < -0.3 is 14.7 Å². The SMILES string of the molecule is Cc1ccccc1-c1ccc(N2CCN(C)CC2)cc1C(=O)C=Cc1ccccc1CN(C)C. The highest BCUT2D eigenvalue weighted by atomic mass is 16.1. The van der Waals surface area contributed by atoms with Gasteiger partial charge in [-0.2, -0.15) is 0 Å². The first-order chi connectivity index (χ1) is 16.4. The average Bonchev–Trinajstić information content (AvgIpc) is 2.83. The van der Waals surface area contributed by atoms with Gasteiger partial charge in [0.05, 0.1) is 0 Å². The third-order valence-corrected chi connectivity index (χ3v) is 6.53. The molecule has 3 aromatic rings. The summed E-state index contributed by atoms with van der Waals surface area (Å²) >= 11 is 0. The molecule has 0 amide bonds. The van der Waals surface area contributed by atoms with Crippen LogP contribution in [0.5, 0.6) is 0 Å². The summed E-state index contributed by atoms with van der Waals surface area (Å²) in [6, 6.07) is 22.9. The van der Waals surface area contributed by atoms with E-state index in [-0.39, 0.29) is 5.78 Å². The van der Waals surface area contributed by atoms with Gasteiger partial charge in [-0.15, -0.1) is 0 Å². The fraction of sp³-hybridized carbons (Fsp3) is 0.300. The number of anilines is 1. The van der Waals surface area contributed by atoms with E-state index in [4.69, 9.17) is 0 Å². The summed E-state index contributed by atoms with van der Waals surface area (Å²) in [7, 11) is 6.28. The van der Waals surface area contributed by atoms with E-state index >= 15 is 0 Å². The summed E-state index contributed by atoms with van der Waals surface area (Å²) in [6.45, 7) is 6.95. The van der Waals surface area contributed by atoms with Gasteiger partial charge in [0.15, 0.2) is 5.78 Å². The van der Waals surface area contributed by atoms with Crippen LogP contribution in [0.1, 0.15) is 27.0 Å². The number of hydrogen-bond donors (Lipinski definition) is 0. The molecule has 0 saturated carbocycles. The van der Waals surface area contributed by atoms with Gasteiger partial charge in [0.25, 0.3) is 0 Å². The minimum Gasteiger partial charge on any atom is -0.369 e. The Morgan fingerprint density at radius 3 is 2.35 bits per heavy atom. The van der Waals surface area contributed by atoms with E-state index in [2.05, 4.69) is 85.2 Å². The van der Waals surface area contributed by atoms with Crippen molar-refractivity contribution in [3.63, 3.8) is 0 Å². The predicted molar refractivity (Wildman–Crippen MR) is 144 cm³/mol. The molecule has 4 rings (SSSR count). The normalized spacial score (nSPS) is 14.8. The molecule has 3 aromatic carbocycles. The van der Waals surface area contributed by atoms with E-state index in [9.17, 15) is 4.79 Å². The summed E-state index contributed by atoms with van der Waals surface area (Å²) in [6.07, 6.45) is 3.70. The van der Waals surface area contributed by atoms with Crippen LogP contribution in [0.4, 0.5) is 5.69 Å². The van der Waals surface area contributed by atoms with E-state index in [1.807, 2.05) is 30.3 Å². The highest BCUT2D eigenvalue weighted by Gasteiger charge is 2.18. The Morgan fingerprint density at radius 1 is 0.912 bits per heavy atom. The largest absolute Gasteiger partial charge is 0.369 e. The lowest BCUT2D eigenvalue weighted by molar-refractivity contribution is 0.104. The number of benzene rings is 3. The van der Waals surface area contributed by atoms with Crippen molar-refractivity contribution in [1.82, 2.24) is 9.80 Å². The zero-order valence-corrected chi connectivity index (χ0v) is 20.8. The first-order valence-electron chi connectivity index (χ1n) is 12.0. The molecular formula is C30H35N3O. The molecule has 1 aliphatic heterocycles. The Labute approximate surface area is 204 Å². The van der Waals surface area contributed by atoms with Crippen LogP contribution >= 0.6 is 0 Å². The van der Waals surface area contributed by atoms with Crippen LogP contribution in [-0.2, 0) is 6.54 Å². The molecule has 1 aliphatic rings. The van der Waals surface area contributed by atoms with E-state index in [1.54, 1.807) is 6.08 Å². The van der Waals surface area contributed by atoms with Crippen molar-refractivity contribution in [3.05, 3.63) is 95.1 Å². The molecular weight excluding hydrogens is 418 g/mol. The predicted octanol–water partition coefficient (Wildman–Crippen LogP) is 5.37. The van der Waals surface area contributed by atoms with Gasteiger partial charge in [-0.05, 0) is 74.1 Å². The molecule has 1 saturated heterocycles. The maximum Gasteiger partial charge on any atom is 0.186 e. The minimum absolute atomic E-state index is 0.0360. The molecule has 34 heavy (non-hydrogen) atoms. The Morgan fingerprint density at radius 2 is 1.62 bits per heavy atom. The van der Waals surface area contributed by atoms with E-state index < -0.39 is 0 Å². The Kier molecular flexibility index (Phi) is 7.61. The molecule has 1 heterocycles. The van der Waals surface area contributed by atoms with Crippen LogP contribution in [-0.4, -0.2) is 62.9 Å². The van der Waals surface area contributed by atoms with E-state index in [0.717, 1.165) is 60.7 Å². The topological polar surface area (TPSA) is 26.8 Å². The molecule has 0 spiro atoms. The van der Waals surface area contributed by atoms with Crippen LogP contribution < -0.4 is 4.90 Å². The quantitative estimate of drug-likeness (QED) is 0.355. The molecule has 4 heteroatoms. The van der Waals surface area contributed by atoms with Gasteiger partial charge in [-0.1, -0.05) is 60.7 Å². The van der Waals surface area contributed by atoms with Crippen molar-refractivity contribution >= 4 is 17.5 Å². The van der Waals surface area contributed by atoms with Gasteiger partial charge >= 0.3 is 0 Å². The smallest absolute Gasteiger partial charge is 0.186 e. The number of allylic oxidation sites excluding steroid dienone is 1. The average molecular weight is 454 g/mol. The lowest BCUT2D eigenvalue weighted by atomic mass is 9.92. The van der Waals surface area contributed by atoms with Crippen LogP contribution in [0.2, 0.25) is 0 Å². The molecule has 0 atom stereocenters. The zero-order valence-electron chi connectivity index (χ0n) is 20.8. The number of carbonyl (C=O) groups excluding carboxylic acids is 1.